The lowest BCUT2D eigenvalue weighted by molar-refractivity contribution is -0.121. The molecule has 0 saturated carbocycles. The van der Waals surface area contributed by atoms with Crippen LogP contribution in [0.1, 0.15) is 19.8 Å². The number of carbonyl (C=O) groups is 1. The normalized spacial score (nSPS) is 40.3. The van der Waals surface area contributed by atoms with Crippen molar-refractivity contribution in [2.45, 2.75) is 31.1 Å². The highest BCUT2D eigenvalue weighted by Crippen LogP contribution is 2.39. The molecule has 0 radical (unpaired) electrons. The second kappa shape index (κ2) is 3.62. The average Bonchev–Trinajstić information content (AvgIpc) is 2.39. The van der Waals surface area contributed by atoms with Crippen LogP contribution in [-0.4, -0.2) is 41.3 Å². The first-order valence-electron chi connectivity index (χ1n) is 5.02. The van der Waals surface area contributed by atoms with Gasteiger partial charge in [-0.05, 0) is 38.5 Å². The number of ketones is 1. The fourth-order valence-electron chi connectivity index (χ4n) is 2.75. The monoisotopic (exact) mass is 199 g/mol. The number of carbonyl (C=O) groups excluding carboxylic acids is 1. The van der Waals surface area contributed by atoms with Gasteiger partial charge in [-0.25, -0.2) is 0 Å². The Balaban J connectivity index is 2.13. The first-order valence-corrected chi connectivity index (χ1v) is 6.07. The first kappa shape index (κ1) is 9.53. The van der Waals surface area contributed by atoms with Gasteiger partial charge in [0.1, 0.15) is 5.78 Å². The summed E-state index contributed by atoms with van der Waals surface area (Å²) in [6.07, 6.45) is 2.55. The van der Waals surface area contributed by atoms with Gasteiger partial charge in [0.15, 0.2) is 0 Å². The minimum atomic E-state index is 0.220. The van der Waals surface area contributed by atoms with Gasteiger partial charge in [-0.15, -0.1) is 0 Å². The molecule has 0 aliphatic carbocycles. The first-order chi connectivity index (χ1) is 6.20. The van der Waals surface area contributed by atoms with Gasteiger partial charge in [0.25, 0.3) is 0 Å². The van der Waals surface area contributed by atoms with E-state index < -0.39 is 0 Å². The van der Waals surface area contributed by atoms with Gasteiger partial charge >= 0.3 is 0 Å². The maximum Gasteiger partial charge on any atom is 0.147 e. The number of thioether (sulfide) groups is 1. The van der Waals surface area contributed by atoms with Crippen LogP contribution < -0.4 is 0 Å². The maximum absolute atomic E-state index is 11.5. The van der Waals surface area contributed by atoms with Crippen molar-refractivity contribution in [1.82, 2.24) is 4.90 Å². The number of likely N-dealkylation sites (tertiary alicyclic amines) is 1. The number of likely N-dealkylation sites (N-methyl/N-ethyl adjacent to an activating group) is 1. The van der Waals surface area contributed by atoms with E-state index in [1.807, 2.05) is 0 Å². The summed E-state index contributed by atoms with van der Waals surface area (Å²) in [7, 11) is 2.09. The number of fused-ring (bicyclic) bond motifs is 1. The van der Waals surface area contributed by atoms with Crippen LogP contribution in [0.3, 0.4) is 0 Å². The molecule has 2 aliphatic heterocycles. The summed E-state index contributed by atoms with van der Waals surface area (Å²) < 4.78 is 0. The Bertz CT molecular complexity index is 219. The van der Waals surface area contributed by atoms with E-state index >= 15 is 0 Å². The van der Waals surface area contributed by atoms with Crippen LogP contribution in [0.25, 0.3) is 0 Å². The molecule has 0 aromatic rings. The highest BCUT2D eigenvalue weighted by Gasteiger charge is 2.43. The van der Waals surface area contributed by atoms with Crippen molar-refractivity contribution in [3.8, 4) is 0 Å². The molecular weight excluding hydrogens is 182 g/mol. The van der Waals surface area contributed by atoms with Crippen molar-refractivity contribution in [1.29, 1.82) is 0 Å². The molecule has 3 unspecified atom stereocenters. The molecule has 0 amide bonds. The Morgan fingerprint density at radius 3 is 3.00 bits per heavy atom. The largest absolute Gasteiger partial charge is 0.298 e. The molecule has 0 aromatic heterocycles. The molecule has 2 nitrogen and oxygen atoms in total. The van der Waals surface area contributed by atoms with Crippen LogP contribution in [0, 0.1) is 5.92 Å². The van der Waals surface area contributed by atoms with Gasteiger partial charge < -0.3 is 0 Å². The topological polar surface area (TPSA) is 20.3 Å². The molecule has 3 heteroatoms. The summed E-state index contributed by atoms with van der Waals surface area (Å²) in [6, 6.07) is 0.220. The molecule has 13 heavy (non-hydrogen) atoms. The fourth-order valence-corrected chi connectivity index (χ4v) is 4.26. The zero-order valence-electron chi connectivity index (χ0n) is 8.32. The lowest BCUT2D eigenvalue weighted by Gasteiger charge is -2.27. The van der Waals surface area contributed by atoms with Gasteiger partial charge in [-0.3, -0.25) is 9.69 Å². The minimum Gasteiger partial charge on any atom is -0.298 e. The Morgan fingerprint density at radius 2 is 2.31 bits per heavy atom. The average molecular weight is 199 g/mol. The molecule has 2 fully saturated rings. The zero-order valence-corrected chi connectivity index (χ0v) is 9.14. The lowest BCUT2D eigenvalue weighted by Crippen LogP contribution is -2.36. The second-order valence-corrected chi connectivity index (χ2v) is 5.56. The molecule has 74 valence electrons. The quantitative estimate of drug-likeness (QED) is 0.637. The highest BCUT2D eigenvalue weighted by atomic mass is 32.2. The van der Waals surface area contributed by atoms with Crippen molar-refractivity contribution >= 4 is 17.5 Å². The van der Waals surface area contributed by atoms with Crippen LogP contribution >= 0.6 is 11.8 Å². The van der Waals surface area contributed by atoms with Crippen LogP contribution in [0.5, 0.6) is 0 Å². The molecule has 2 rings (SSSR count). The van der Waals surface area contributed by atoms with Gasteiger partial charge in [0, 0.05) is 11.8 Å². The number of hydrogen-bond donors (Lipinski definition) is 0. The Kier molecular flexibility index (Phi) is 2.65. The number of hydrogen-bond acceptors (Lipinski definition) is 3. The van der Waals surface area contributed by atoms with Crippen LogP contribution in [0.4, 0.5) is 0 Å². The van der Waals surface area contributed by atoms with Crippen molar-refractivity contribution < 1.29 is 4.79 Å². The molecule has 2 heterocycles. The standard InChI is InChI=1S/C10H17NOS/c1-7(12)10-8-4-3-5-13-9(8)6-11(10)2/h8-10H,3-6H2,1-2H3. The number of nitrogens with zero attached hydrogens (tertiary/aromatic N) is 1. The third kappa shape index (κ3) is 1.64. The van der Waals surface area contributed by atoms with Gasteiger partial charge in [0.2, 0.25) is 0 Å². The van der Waals surface area contributed by atoms with E-state index in [0.29, 0.717) is 11.7 Å². The van der Waals surface area contributed by atoms with Crippen molar-refractivity contribution in [2.75, 3.05) is 19.3 Å². The molecule has 0 bridgehead atoms. The van der Waals surface area contributed by atoms with Crippen molar-refractivity contribution in [3.05, 3.63) is 0 Å². The van der Waals surface area contributed by atoms with Crippen molar-refractivity contribution in [2.24, 2.45) is 5.92 Å². The smallest absolute Gasteiger partial charge is 0.147 e. The van der Waals surface area contributed by atoms with E-state index in [2.05, 4.69) is 23.7 Å². The van der Waals surface area contributed by atoms with E-state index in [1.54, 1.807) is 6.92 Å². The van der Waals surface area contributed by atoms with Crippen molar-refractivity contribution in [3.63, 3.8) is 0 Å². The molecule has 0 spiro atoms. The molecule has 3 atom stereocenters. The van der Waals surface area contributed by atoms with E-state index in [4.69, 9.17) is 0 Å². The minimum absolute atomic E-state index is 0.220. The lowest BCUT2D eigenvalue weighted by atomic mass is 9.92. The summed E-state index contributed by atoms with van der Waals surface area (Å²) in [5.41, 5.74) is 0. The molecular formula is C10H17NOS. The van der Waals surface area contributed by atoms with E-state index in [9.17, 15) is 4.79 Å². The van der Waals surface area contributed by atoms with Gasteiger partial charge in [-0.1, -0.05) is 0 Å². The predicted octanol–water partition coefficient (Wildman–Crippen LogP) is 1.40. The fraction of sp³-hybridized carbons (Fsp3) is 0.900. The Morgan fingerprint density at radius 1 is 1.54 bits per heavy atom. The molecule has 2 saturated heterocycles. The van der Waals surface area contributed by atoms with Gasteiger partial charge in [0.05, 0.1) is 6.04 Å². The second-order valence-electron chi connectivity index (χ2n) is 4.21. The van der Waals surface area contributed by atoms with Crippen LogP contribution in [-0.2, 0) is 4.79 Å². The SMILES string of the molecule is CC(=O)C1C2CCCSC2CN1C. The van der Waals surface area contributed by atoms with E-state index in [-0.39, 0.29) is 6.04 Å². The Labute approximate surface area is 84.1 Å². The zero-order chi connectivity index (χ0) is 9.42. The summed E-state index contributed by atoms with van der Waals surface area (Å²) in [6.45, 7) is 2.85. The number of rotatable bonds is 1. The molecule has 2 aliphatic rings. The summed E-state index contributed by atoms with van der Waals surface area (Å²) >= 11 is 2.06. The summed E-state index contributed by atoms with van der Waals surface area (Å²) in [5.74, 6) is 2.29. The summed E-state index contributed by atoms with van der Waals surface area (Å²) in [5, 5.41) is 0.729. The predicted molar refractivity (Wildman–Crippen MR) is 56.1 cm³/mol. The van der Waals surface area contributed by atoms with Crippen LogP contribution in [0.15, 0.2) is 0 Å². The van der Waals surface area contributed by atoms with E-state index in [1.165, 1.54) is 18.6 Å². The van der Waals surface area contributed by atoms with E-state index in [0.717, 1.165) is 11.8 Å². The van der Waals surface area contributed by atoms with Crippen LogP contribution in [0.2, 0.25) is 0 Å². The highest BCUT2D eigenvalue weighted by molar-refractivity contribution is 8.00. The molecule has 0 N–H and O–H groups in total. The maximum atomic E-state index is 11.5. The third-order valence-electron chi connectivity index (χ3n) is 3.26. The third-order valence-corrected chi connectivity index (χ3v) is 4.71. The number of Topliss-reactive ketones (excluding diaryl/α,β-unsaturated/α-hetero) is 1. The van der Waals surface area contributed by atoms with Gasteiger partial charge in [-0.2, -0.15) is 11.8 Å². The Hall–Kier alpha value is -0.0200. The molecule has 0 aromatic carbocycles. The summed E-state index contributed by atoms with van der Waals surface area (Å²) in [4.78, 5) is 13.7.